The predicted molar refractivity (Wildman–Crippen MR) is 121 cm³/mol. The average molecular weight is 422 g/mol. The van der Waals surface area contributed by atoms with E-state index in [1.54, 1.807) is 0 Å². The zero-order valence-corrected chi connectivity index (χ0v) is 18.4. The first-order chi connectivity index (χ1) is 13.9. The second-order valence-electron chi connectivity index (χ2n) is 7.35. The van der Waals surface area contributed by atoms with Gasteiger partial charge in [0.25, 0.3) is 5.56 Å². The van der Waals surface area contributed by atoms with Gasteiger partial charge in [-0.15, -0.1) is 0 Å². The van der Waals surface area contributed by atoms with E-state index >= 15 is 0 Å². The number of hydrogen-bond acceptors (Lipinski definition) is 4. The maximum absolute atomic E-state index is 12.6. The van der Waals surface area contributed by atoms with Crippen LogP contribution < -0.4 is 20.5 Å². The lowest BCUT2D eigenvalue weighted by Gasteiger charge is -2.25. The molecule has 0 fully saturated rings. The summed E-state index contributed by atoms with van der Waals surface area (Å²) in [6.07, 6.45) is 1.59. The Morgan fingerprint density at radius 1 is 1.31 bits per heavy atom. The van der Waals surface area contributed by atoms with Gasteiger partial charge in [-0.3, -0.25) is 4.79 Å². The number of fused-ring (bicyclic) bond motifs is 1. The molecule has 0 unspecified atom stereocenters. The molecule has 2 rings (SSSR count). The third-order valence-electron chi connectivity index (χ3n) is 4.57. The molecule has 4 N–H and O–H groups in total. The highest BCUT2D eigenvalue weighted by molar-refractivity contribution is 7.80. The van der Waals surface area contributed by atoms with Crippen molar-refractivity contribution < 1.29 is 14.7 Å². The summed E-state index contributed by atoms with van der Waals surface area (Å²) in [6.45, 7) is 5.41. The summed E-state index contributed by atoms with van der Waals surface area (Å²) in [5, 5.41) is 14.0. The van der Waals surface area contributed by atoms with Gasteiger partial charge in [-0.2, -0.15) is 0 Å². The number of aliphatic hydroxyl groups is 1. The van der Waals surface area contributed by atoms with E-state index in [4.69, 9.17) is 17.0 Å². The number of aromatic amines is 1. The standard InChI is InChI=1S/C21H32N4O3S/c1-4-28-18-7-8-19-16(14-18)13-17(20(27)23-19)15-25(11-6-12-26)21(29)22-9-5-10-24(2)3/h7-8,13-14,26H,4-6,9-12,15H2,1-3H3,(H,22,29)(H,23,27)/p+1. The molecule has 0 bridgehead atoms. The molecular formula is C21H33N4O3S+. The van der Waals surface area contributed by atoms with Gasteiger partial charge in [0.1, 0.15) is 5.75 Å². The fraction of sp³-hybridized carbons (Fsp3) is 0.524. The lowest BCUT2D eigenvalue weighted by molar-refractivity contribution is -0.858. The predicted octanol–water partition coefficient (Wildman–Crippen LogP) is 0.520. The van der Waals surface area contributed by atoms with Crippen LogP contribution in [-0.2, 0) is 6.54 Å². The van der Waals surface area contributed by atoms with E-state index in [1.807, 2.05) is 36.1 Å². The monoisotopic (exact) mass is 421 g/mol. The highest BCUT2D eigenvalue weighted by Crippen LogP contribution is 2.19. The van der Waals surface area contributed by atoms with Crippen LogP contribution in [0.2, 0.25) is 0 Å². The lowest BCUT2D eigenvalue weighted by atomic mass is 10.1. The van der Waals surface area contributed by atoms with Gasteiger partial charge >= 0.3 is 0 Å². The largest absolute Gasteiger partial charge is 0.494 e. The number of thiocarbonyl (C=S) groups is 1. The molecule has 0 atom stereocenters. The quantitative estimate of drug-likeness (QED) is 0.313. The van der Waals surface area contributed by atoms with E-state index in [0.717, 1.165) is 36.2 Å². The summed E-state index contributed by atoms with van der Waals surface area (Å²) >= 11 is 5.56. The highest BCUT2D eigenvalue weighted by Gasteiger charge is 2.13. The van der Waals surface area contributed by atoms with E-state index in [0.29, 0.717) is 36.8 Å². The van der Waals surface area contributed by atoms with Crippen molar-refractivity contribution in [2.45, 2.75) is 26.3 Å². The summed E-state index contributed by atoms with van der Waals surface area (Å²) in [5.74, 6) is 0.773. The highest BCUT2D eigenvalue weighted by atomic mass is 32.1. The minimum Gasteiger partial charge on any atom is -0.494 e. The van der Waals surface area contributed by atoms with Crippen molar-refractivity contribution in [3.8, 4) is 5.75 Å². The van der Waals surface area contributed by atoms with Gasteiger partial charge in [0.2, 0.25) is 0 Å². The Morgan fingerprint density at radius 2 is 2.10 bits per heavy atom. The maximum atomic E-state index is 12.6. The Morgan fingerprint density at radius 3 is 2.79 bits per heavy atom. The van der Waals surface area contributed by atoms with Crippen LogP contribution in [0.5, 0.6) is 5.75 Å². The van der Waals surface area contributed by atoms with Gasteiger partial charge in [0.15, 0.2) is 5.11 Å². The molecule has 29 heavy (non-hydrogen) atoms. The van der Waals surface area contributed by atoms with Gasteiger partial charge in [-0.05, 0) is 49.8 Å². The van der Waals surface area contributed by atoms with Crippen molar-refractivity contribution in [1.29, 1.82) is 0 Å². The Kier molecular flexibility index (Phi) is 9.37. The number of ether oxygens (including phenoxy) is 1. The zero-order chi connectivity index (χ0) is 21.2. The molecule has 0 saturated heterocycles. The fourth-order valence-electron chi connectivity index (χ4n) is 3.07. The Bertz CT molecular complexity index is 853. The summed E-state index contributed by atoms with van der Waals surface area (Å²) in [5.41, 5.74) is 1.27. The van der Waals surface area contributed by atoms with Crippen LogP contribution in [0.25, 0.3) is 10.9 Å². The van der Waals surface area contributed by atoms with Crippen LogP contribution in [0, 0.1) is 0 Å². The number of nitrogens with one attached hydrogen (secondary N) is 3. The average Bonchev–Trinajstić information content (AvgIpc) is 2.69. The van der Waals surface area contributed by atoms with E-state index in [9.17, 15) is 9.90 Å². The minimum absolute atomic E-state index is 0.0783. The minimum atomic E-state index is -0.130. The molecule has 0 aliphatic heterocycles. The maximum Gasteiger partial charge on any atom is 0.253 e. The summed E-state index contributed by atoms with van der Waals surface area (Å²) in [4.78, 5) is 18.9. The number of pyridine rings is 1. The molecule has 0 aliphatic carbocycles. The van der Waals surface area contributed by atoms with Gasteiger partial charge in [0, 0.05) is 42.6 Å². The Labute approximate surface area is 177 Å². The van der Waals surface area contributed by atoms with E-state index in [2.05, 4.69) is 24.4 Å². The number of hydrogen-bond donors (Lipinski definition) is 4. The molecule has 0 radical (unpaired) electrons. The summed E-state index contributed by atoms with van der Waals surface area (Å²) in [6, 6.07) is 7.52. The number of aromatic nitrogens is 1. The van der Waals surface area contributed by atoms with Crippen molar-refractivity contribution in [3.05, 3.63) is 40.2 Å². The number of benzene rings is 1. The van der Waals surface area contributed by atoms with Crippen LogP contribution in [0.15, 0.2) is 29.1 Å². The second-order valence-corrected chi connectivity index (χ2v) is 7.73. The van der Waals surface area contributed by atoms with Crippen LogP contribution in [0.4, 0.5) is 0 Å². The zero-order valence-electron chi connectivity index (χ0n) is 17.6. The molecule has 1 heterocycles. The Hall–Kier alpha value is -2.16. The molecule has 8 heteroatoms. The van der Waals surface area contributed by atoms with E-state index in [-0.39, 0.29) is 12.2 Å². The van der Waals surface area contributed by atoms with Crippen molar-refractivity contribution >= 4 is 28.2 Å². The van der Waals surface area contributed by atoms with Crippen molar-refractivity contribution in [1.82, 2.24) is 15.2 Å². The smallest absolute Gasteiger partial charge is 0.253 e. The van der Waals surface area contributed by atoms with E-state index < -0.39 is 0 Å². The second kappa shape index (κ2) is 11.7. The lowest BCUT2D eigenvalue weighted by Crippen LogP contribution is -3.05. The first kappa shape index (κ1) is 23.1. The Balaban J connectivity index is 2.15. The van der Waals surface area contributed by atoms with Crippen molar-refractivity contribution in [2.75, 3.05) is 46.9 Å². The number of aliphatic hydroxyl groups excluding tert-OH is 1. The molecule has 0 spiro atoms. The molecule has 0 amide bonds. The van der Waals surface area contributed by atoms with Gasteiger partial charge in [0.05, 0.1) is 33.8 Å². The van der Waals surface area contributed by atoms with Crippen molar-refractivity contribution in [2.24, 2.45) is 0 Å². The molecule has 1 aromatic heterocycles. The number of H-pyrrole nitrogens is 1. The number of quaternary nitrogens is 1. The number of nitrogens with zero attached hydrogens (tertiary/aromatic N) is 1. The molecule has 2 aromatic rings. The third kappa shape index (κ3) is 7.30. The molecular weight excluding hydrogens is 388 g/mol. The topological polar surface area (TPSA) is 82.0 Å². The fourth-order valence-corrected chi connectivity index (χ4v) is 3.33. The normalized spacial score (nSPS) is 11.1. The van der Waals surface area contributed by atoms with Crippen molar-refractivity contribution in [3.63, 3.8) is 0 Å². The first-order valence-corrected chi connectivity index (χ1v) is 10.6. The molecule has 7 nitrogen and oxygen atoms in total. The molecule has 0 saturated carbocycles. The SMILES string of the molecule is CCOc1ccc2[nH]c(=O)c(CN(CCCO)C(=S)NCCC[NH+](C)C)cc2c1. The van der Waals surface area contributed by atoms with E-state index in [1.165, 1.54) is 4.90 Å². The first-order valence-electron chi connectivity index (χ1n) is 10.2. The van der Waals surface area contributed by atoms with Gasteiger partial charge < -0.3 is 29.9 Å². The van der Waals surface area contributed by atoms with Crippen LogP contribution in [-0.4, -0.2) is 67.0 Å². The van der Waals surface area contributed by atoms with Crippen LogP contribution in [0.1, 0.15) is 25.3 Å². The van der Waals surface area contributed by atoms with Gasteiger partial charge in [-0.25, -0.2) is 0 Å². The molecule has 0 aliphatic rings. The van der Waals surface area contributed by atoms with Crippen LogP contribution in [0.3, 0.4) is 0 Å². The molecule has 1 aromatic carbocycles. The summed E-state index contributed by atoms with van der Waals surface area (Å²) < 4.78 is 5.57. The third-order valence-corrected chi connectivity index (χ3v) is 4.97. The summed E-state index contributed by atoms with van der Waals surface area (Å²) in [7, 11) is 4.24. The number of rotatable bonds is 11. The van der Waals surface area contributed by atoms with Gasteiger partial charge in [-0.1, -0.05) is 0 Å². The van der Waals surface area contributed by atoms with Crippen LogP contribution >= 0.6 is 12.2 Å². The molecule has 160 valence electrons.